The molecular weight excluding hydrogens is 370 g/mol. The van der Waals surface area contributed by atoms with Crippen LogP contribution in [-0.2, 0) is 17.8 Å². The molecule has 0 unspecified atom stereocenters. The number of anilines is 1. The number of nitrogens with one attached hydrogen (secondary N) is 1. The molecule has 3 aromatic rings. The summed E-state index contributed by atoms with van der Waals surface area (Å²) >= 11 is 3.04. The maximum atomic E-state index is 12.5. The van der Waals surface area contributed by atoms with E-state index in [4.69, 9.17) is 4.74 Å². The standard InChI is InChI=1S/C17H19N5O2S2/c1-12(16(23)18-14-7-3-4-8-15(14)24-2)26-17-19-20-21-22(17)10-9-13-6-5-11-25-13/h3-8,11-12H,9-10H2,1-2H3,(H,18,23)/t12-/m1/s1. The molecule has 3 rings (SSSR count). The Morgan fingerprint density at radius 3 is 2.96 bits per heavy atom. The predicted molar refractivity (Wildman–Crippen MR) is 103 cm³/mol. The van der Waals surface area contributed by atoms with Crippen molar-refractivity contribution in [3.05, 3.63) is 46.7 Å². The lowest BCUT2D eigenvalue weighted by molar-refractivity contribution is -0.115. The zero-order valence-electron chi connectivity index (χ0n) is 14.5. The van der Waals surface area contributed by atoms with Gasteiger partial charge >= 0.3 is 0 Å². The van der Waals surface area contributed by atoms with Crippen LogP contribution in [0.25, 0.3) is 0 Å². The van der Waals surface area contributed by atoms with Crippen molar-refractivity contribution in [2.24, 2.45) is 0 Å². The second kappa shape index (κ2) is 8.81. The first-order valence-electron chi connectivity index (χ1n) is 8.06. The van der Waals surface area contributed by atoms with E-state index in [2.05, 4.69) is 32.3 Å². The molecule has 7 nitrogen and oxygen atoms in total. The zero-order chi connectivity index (χ0) is 18.4. The van der Waals surface area contributed by atoms with Gasteiger partial charge in [0, 0.05) is 11.3 Å². The Morgan fingerprint density at radius 1 is 1.35 bits per heavy atom. The Bertz CT molecular complexity index is 850. The van der Waals surface area contributed by atoms with Gasteiger partial charge in [-0.25, -0.2) is 4.68 Å². The molecule has 2 aromatic heterocycles. The van der Waals surface area contributed by atoms with Crippen LogP contribution < -0.4 is 10.1 Å². The molecular formula is C17H19N5O2S2. The van der Waals surface area contributed by atoms with Gasteiger partial charge in [-0.1, -0.05) is 30.0 Å². The van der Waals surface area contributed by atoms with Crippen molar-refractivity contribution in [3.8, 4) is 5.75 Å². The molecule has 0 aliphatic heterocycles. The van der Waals surface area contributed by atoms with E-state index in [1.54, 1.807) is 35.3 Å². The molecule has 1 atom stereocenters. The van der Waals surface area contributed by atoms with Crippen LogP contribution >= 0.6 is 23.1 Å². The fraction of sp³-hybridized carbons (Fsp3) is 0.294. The number of hydrogen-bond donors (Lipinski definition) is 1. The van der Waals surface area contributed by atoms with Crippen molar-refractivity contribution in [1.29, 1.82) is 0 Å². The quantitative estimate of drug-likeness (QED) is 0.596. The van der Waals surface area contributed by atoms with E-state index in [1.807, 2.05) is 25.1 Å². The Balaban J connectivity index is 1.60. The van der Waals surface area contributed by atoms with Crippen LogP contribution in [0.1, 0.15) is 11.8 Å². The van der Waals surface area contributed by atoms with Gasteiger partial charge in [0.1, 0.15) is 5.75 Å². The maximum Gasteiger partial charge on any atom is 0.237 e. The van der Waals surface area contributed by atoms with Crippen LogP contribution in [0.15, 0.2) is 46.9 Å². The number of tetrazole rings is 1. The Morgan fingerprint density at radius 2 is 2.19 bits per heavy atom. The summed E-state index contributed by atoms with van der Waals surface area (Å²) in [5, 5.41) is 17.0. The smallest absolute Gasteiger partial charge is 0.237 e. The third-order valence-corrected chi connectivity index (χ3v) is 5.67. The van der Waals surface area contributed by atoms with E-state index < -0.39 is 0 Å². The van der Waals surface area contributed by atoms with Gasteiger partial charge in [0.15, 0.2) is 0 Å². The molecule has 0 radical (unpaired) electrons. The number of thioether (sulfide) groups is 1. The molecule has 0 saturated heterocycles. The molecule has 1 aromatic carbocycles. The van der Waals surface area contributed by atoms with Gasteiger partial charge in [0.2, 0.25) is 11.1 Å². The molecule has 0 aliphatic rings. The molecule has 1 amide bonds. The molecule has 0 fully saturated rings. The third-order valence-electron chi connectivity index (χ3n) is 3.67. The third kappa shape index (κ3) is 4.61. The largest absolute Gasteiger partial charge is 0.495 e. The molecule has 0 bridgehead atoms. The molecule has 9 heteroatoms. The van der Waals surface area contributed by atoms with Gasteiger partial charge < -0.3 is 10.1 Å². The Kier molecular flexibility index (Phi) is 6.24. The SMILES string of the molecule is COc1ccccc1NC(=O)[C@@H](C)Sc1nnnn1CCc1cccs1. The van der Waals surface area contributed by atoms with Crippen molar-refractivity contribution < 1.29 is 9.53 Å². The number of carbonyl (C=O) groups excluding carboxylic acids is 1. The summed E-state index contributed by atoms with van der Waals surface area (Å²) in [6, 6.07) is 11.4. The van der Waals surface area contributed by atoms with Crippen LogP contribution in [-0.4, -0.2) is 38.5 Å². The van der Waals surface area contributed by atoms with E-state index in [0.717, 1.165) is 6.42 Å². The van der Waals surface area contributed by atoms with Crippen LogP contribution in [0.4, 0.5) is 5.69 Å². The number of ether oxygens (including phenoxy) is 1. The van der Waals surface area contributed by atoms with Gasteiger partial charge in [0.05, 0.1) is 24.6 Å². The lowest BCUT2D eigenvalue weighted by Crippen LogP contribution is -2.23. The van der Waals surface area contributed by atoms with E-state index in [9.17, 15) is 4.79 Å². The van der Waals surface area contributed by atoms with Crippen molar-refractivity contribution in [2.75, 3.05) is 12.4 Å². The fourth-order valence-electron chi connectivity index (χ4n) is 2.29. The summed E-state index contributed by atoms with van der Waals surface area (Å²) in [4.78, 5) is 13.8. The minimum Gasteiger partial charge on any atom is -0.495 e. The summed E-state index contributed by atoms with van der Waals surface area (Å²) in [7, 11) is 1.57. The van der Waals surface area contributed by atoms with E-state index in [0.29, 0.717) is 23.1 Å². The van der Waals surface area contributed by atoms with Crippen LogP contribution in [0.3, 0.4) is 0 Å². The predicted octanol–water partition coefficient (Wildman–Crippen LogP) is 3.11. The lowest BCUT2D eigenvalue weighted by Gasteiger charge is -2.13. The van der Waals surface area contributed by atoms with Gasteiger partial charge in [-0.3, -0.25) is 4.79 Å². The highest BCUT2D eigenvalue weighted by atomic mass is 32.2. The van der Waals surface area contributed by atoms with E-state index >= 15 is 0 Å². The van der Waals surface area contributed by atoms with Gasteiger partial charge in [-0.2, -0.15) is 0 Å². The number of rotatable bonds is 8. The normalized spacial score (nSPS) is 11.9. The number of benzene rings is 1. The van der Waals surface area contributed by atoms with E-state index in [1.165, 1.54) is 16.6 Å². The highest BCUT2D eigenvalue weighted by molar-refractivity contribution is 8.00. The molecule has 2 heterocycles. The molecule has 0 aliphatic carbocycles. The zero-order valence-corrected chi connectivity index (χ0v) is 16.1. The minimum atomic E-state index is -0.355. The number of aryl methyl sites for hydroxylation is 2. The second-order valence-electron chi connectivity index (χ2n) is 5.46. The van der Waals surface area contributed by atoms with Crippen LogP contribution in [0.2, 0.25) is 0 Å². The van der Waals surface area contributed by atoms with Crippen LogP contribution in [0, 0.1) is 0 Å². The number of aromatic nitrogens is 4. The average Bonchev–Trinajstić information content (AvgIpc) is 3.32. The summed E-state index contributed by atoms with van der Waals surface area (Å²) in [6.45, 7) is 2.50. The number of amides is 1. The van der Waals surface area contributed by atoms with E-state index in [-0.39, 0.29) is 11.2 Å². The number of nitrogens with zero attached hydrogens (tertiary/aromatic N) is 4. The molecule has 136 valence electrons. The highest BCUT2D eigenvalue weighted by Gasteiger charge is 2.19. The molecule has 1 N–H and O–H groups in total. The van der Waals surface area contributed by atoms with Crippen molar-refractivity contribution in [3.63, 3.8) is 0 Å². The molecule has 0 spiro atoms. The van der Waals surface area contributed by atoms with Crippen molar-refractivity contribution >= 4 is 34.7 Å². The topological polar surface area (TPSA) is 81.9 Å². The number of methoxy groups -OCH3 is 1. The van der Waals surface area contributed by atoms with Crippen molar-refractivity contribution in [2.45, 2.75) is 30.3 Å². The summed E-state index contributed by atoms with van der Waals surface area (Å²) in [6.07, 6.45) is 0.859. The molecule has 26 heavy (non-hydrogen) atoms. The van der Waals surface area contributed by atoms with Crippen LogP contribution in [0.5, 0.6) is 5.75 Å². The maximum absolute atomic E-state index is 12.5. The molecule has 0 saturated carbocycles. The second-order valence-corrected chi connectivity index (χ2v) is 7.80. The Labute approximate surface area is 159 Å². The summed E-state index contributed by atoms with van der Waals surface area (Å²) in [5.74, 6) is 0.492. The number of para-hydroxylation sites is 2. The minimum absolute atomic E-state index is 0.132. The fourth-order valence-corrected chi connectivity index (χ4v) is 3.80. The first-order chi connectivity index (χ1) is 12.7. The lowest BCUT2D eigenvalue weighted by atomic mass is 10.3. The van der Waals surface area contributed by atoms with Crippen molar-refractivity contribution in [1.82, 2.24) is 20.2 Å². The summed E-state index contributed by atoms with van der Waals surface area (Å²) in [5.41, 5.74) is 0.643. The number of hydrogen-bond acceptors (Lipinski definition) is 7. The number of thiophene rings is 1. The first kappa shape index (κ1) is 18.4. The highest BCUT2D eigenvalue weighted by Crippen LogP contribution is 2.26. The summed E-state index contributed by atoms with van der Waals surface area (Å²) < 4.78 is 6.99. The Hall–Kier alpha value is -2.39. The monoisotopic (exact) mass is 389 g/mol. The van der Waals surface area contributed by atoms with Gasteiger partial charge in [0.25, 0.3) is 0 Å². The average molecular weight is 390 g/mol. The van der Waals surface area contributed by atoms with Gasteiger partial charge in [-0.15, -0.1) is 16.4 Å². The number of carbonyl (C=O) groups is 1. The van der Waals surface area contributed by atoms with Gasteiger partial charge in [-0.05, 0) is 40.9 Å². The first-order valence-corrected chi connectivity index (χ1v) is 9.82.